The van der Waals surface area contributed by atoms with Crippen LogP contribution >= 0.6 is 31.9 Å². The van der Waals surface area contributed by atoms with Crippen molar-refractivity contribution in [2.45, 2.75) is 45.7 Å². The van der Waals surface area contributed by atoms with Crippen molar-refractivity contribution in [2.75, 3.05) is 7.11 Å². The predicted octanol–water partition coefficient (Wildman–Crippen LogP) is 4.89. The molecule has 0 aliphatic carbocycles. The Morgan fingerprint density at radius 1 is 1.28 bits per heavy atom. The Labute approximate surface area is 127 Å². The molecule has 0 aliphatic heterocycles. The summed E-state index contributed by atoms with van der Waals surface area (Å²) in [5.41, 5.74) is 1.25. The molecule has 2 nitrogen and oxygen atoms in total. The van der Waals surface area contributed by atoms with Gasteiger partial charge in [0.15, 0.2) is 0 Å². The third kappa shape index (κ3) is 4.90. The molecule has 0 aromatic heterocycles. The van der Waals surface area contributed by atoms with E-state index in [0.29, 0.717) is 6.04 Å². The number of nitrogens with one attached hydrogen (secondary N) is 1. The third-order valence-corrected chi connectivity index (χ3v) is 4.09. The number of ether oxygens (including phenoxy) is 1. The van der Waals surface area contributed by atoms with Gasteiger partial charge in [-0.25, -0.2) is 0 Å². The highest BCUT2D eigenvalue weighted by atomic mass is 79.9. The number of methoxy groups -OCH3 is 1. The standard InChI is InChI=1S/C14H21Br2NO/c1-4-5-6-10(2)17-9-11-7-12(15)14(18-3)13(16)8-11/h7-8,10,17H,4-6,9H2,1-3H3. The third-order valence-electron chi connectivity index (χ3n) is 2.91. The highest BCUT2D eigenvalue weighted by Gasteiger charge is 2.08. The summed E-state index contributed by atoms with van der Waals surface area (Å²) in [5.74, 6) is 0.845. The fourth-order valence-corrected chi connectivity index (χ4v) is 3.42. The SMILES string of the molecule is CCCCC(C)NCc1cc(Br)c(OC)c(Br)c1. The van der Waals surface area contributed by atoms with Gasteiger partial charge in [0.1, 0.15) is 5.75 Å². The number of hydrogen-bond acceptors (Lipinski definition) is 2. The lowest BCUT2D eigenvalue weighted by molar-refractivity contribution is 0.409. The number of rotatable bonds is 7. The van der Waals surface area contributed by atoms with Gasteiger partial charge >= 0.3 is 0 Å². The van der Waals surface area contributed by atoms with Gasteiger partial charge in [0.05, 0.1) is 16.1 Å². The van der Waals surface area contributed by atoms with Gasteiger partial charge in [-0.15, -0.1) is 0 Å². The summed E-state index contributed by atoms with van der Waals surface area (Å²) < 4.78 is 7.26. The molecule has 0 bridgehead atoms. The maximum absolute atomic E-state index is 5.30. The average Bonchev–Trinajstić information content (AvgIpc) is 2.33. The van der Waals surface area contributed by atoms with Crippen LogP contribution in [0.25, 0.3) is 0 Å². The lowest BCUT2D eigenvalue weighted by Gasteiger charge is -2.14. The Hall–Kier alpha value is -0.0600. The normalized spacial score (nSPS) is 12.5. The van der Waals surface area contributed by atoms with Crippen LogP contribution in [0.2, 0.25) is 0 Å². The molecule has 0 spiro atoms. The van der Waals surface area contributed by atoms with Gasteiger partial charge in [0, 0.05) is 12.6 Å². The van der Waals surface area contributed by atoms with Crippen LogP contribution < -0.4 is 10.1 Å². The summed E-state index contributed by atoms with van der Waals surface area (Å²) in [6, 6.07) is 4.76. The molecule has 1 atom stereocenters. The quantitative estimate of drug-likeness (QED) is 0.729. The van der Waals surface area contributed by atoms with Crippen molar-refractivity contribution in [3.63, 3.8) is 0 Å². The second-order valence-corrected chi connectivity index (χ2v) is 6.23. The molecule has 0 fully saturated rings. The van der Waals surface area contributed by atoms with E-state index in [0.717, 1.165) is 21.2 Å². The number of hydrogen-bond donors (Lipinski definition) is 1. The zero-order valence-electron chi connectivity index (χ0n) is 11.2. The Bertz CT molecular complexity index is 359. The summed E-state index contributed by atoms with van der Waals surface area (Å²) in [6.07, 6.45) is 3.77. The first-order valence-electron chi connectivity index (χ1n) is 6.33. The van der Waals surface area contributed by atoms with E-state index in [4.69, 9.17) is 4.74 Å². The van der Waals surface area contributed by atoms with E-state index >= 15 is 0 Å². The minimum atomic E-state index is 0.560. The van der Waals surface area contributed by atoms with Gasteiger partial charge in [-0.3, -0.25) is 0 Å². The lowest BCUT2D eigenvalue weighted by Crippen LogP contribution is -2.25. The molecular weight excluding hydrogens is 358 g/mol. The molecule has 0 aliphatic rings. The van der Waals surface area contributed by atoms with Gasteiger partial charge < -0.3 is 10.1 Å². The summed E-state index contributed by atoms with van der Waals surface area (Å²) in [6.45, 7) is 5.35. The summed E-state index contributed by atoms with van der Waals surface area (Å²) in [5, 5.41) is 3.54. The van der Waals surface area contributed by atoms with Crippen LogP contribution in [-0.4, -0.2) is 13.2 Å². The molecule has 0 amide bonds. The molecule has 18 heavy (non-hydrogen) atoms. The van der Waals surface area contributed by atoms with E-state index in [1.165, 1.54) is 24.8 Å². The first-order chi connectivity index (χ1) is 8.58. The molecule has 1 unspecified atom stereocenters. The average molecular weight is 379 g/mol. The second-order valence-electron chi connectivity index (χ2n) is 4.52. The van der Waals surface area contributed by atoms with E-state index < -0.39 is 0 Å². The van der Waals surface area contributed by atoms with Crippen molar-refractivity contribution < 1.29 is 4.74 Å². The molecule has 4 heteroatoms. The number of unbranched alkanes of at least 4 members (excludes halogenated alkanes) is 1. The molecule has 1 N–H and O–H groups in total. The minimum Gasteiger partial charge on any atom is -0.494 e. The Balaban J connectivity index is 2.58. The monoisotopic (exact) mass is 377 g/mol. The van der Waals surface area contributed by atoms with Crippen LogP contribution in [0, 0.1) is 0 Å². The van der Waals surface area contributed by atoms with E-state index in [9.17, 15) is 0 Å². The zero-order chi connectivity index (χ0) is 13.5. The van der Waals surface area contributed by atoms with Crippen LogP contribution in [0.1, 0.15) is 38.7 Å². The number of halogens is 2. The predicted molar refractivity (Wildman–Crippen MR) is 84.2 cm³/mol. The van der Waals surface area contributed by atoms with Gasteiger partial charge in [-0.05, 0) is 62.9 Å². The smallest absolute Gasteiger partial charge is 0.147 e. The molecule has 0 radical (unpaired) electrons. The maximum atomic E-state index is 5.30. The second kappa shape index (κ2) is 8.18. The minimum absolute atomic E-state index is 0.560. The van der Waals surface area contributed by atoms with E-state index in [2.05, 4.69) is 63.2 Å². The summed E-state index contributed by atoms with van der Waals surface area (Å²) in [4.78, 5) is 0. The topological polar surface area (TPSA) is 21.3 Å². The molecule has 0 heterocycles. The highest BCUT2D eigenvalue weighted by molar-refractivity contribution is 9.11. The summed E-state index contributed by atoms with van der Waals surface area (Å²) in [7, 11) is 1.68. The fraction of sp³-hybridized carbons (Fsp3) is 0.571. The van der Waals surface area contributed by atoms with Crippen molar-refractivity contribution in [3.8, 4) is 5.75 Å². The molecule has 1 aromatic rings. The molecule has 0 saturated carbocycles. The van der Waals surface area contributed by atoms with E-state index in [1.807, 2.05) is 0 Å². The van der Waals surface area contributed by atoms with Crippen LogP contribution in [-0.2, 0) is 6.54 Å². The van der Waals surface area contributed by atoms with E-state index in [1.54, 1.807) is 7.11 Å². The zero-order valence-corrected chi connectivity index (χ0v) is 14.4. The van der Waals surface area contributed by atoms with Gasteiger partial charge in [-0.2, -0.15) is 0 Å². The van der Waals surface area contributed by atoms with Crippen LogP contribution in [0.4, 0.5) is 0 Å². The van der Waals surface area contributed by atoms with Crippen molar-refractivity contribution in [2.24, 2.45) is 0 Å². The summed E-state index contributed by atoms with van der Waals surface area (Å²) >= 11 is 7.05. The van der Waals surface area contributed by atoms with Crippen LogP contribution in [0.5, 0.6) is 5.75 Å². The van der Waals surface area contributed by atoms with Gasteiger partial charge in [0.25, 0.3) is 0 Å². The van der Waals surface area contributed by atoms with Crippen molar-refractivity contribution in [1.82, 2.24) is 5.32 Å². The molecule has 1 rings (SSSR count). The first-order valence-corrected chi connectivity index (χ1v) is 7.92. The lowest BCUT2D eigenvalue weighted by atomic mass is 10.1. The van der Waals surface area contributed by atoms with Gasteiger partial charge in [-0.1, -0.05) is 19.8 Å². The van der Waals surface area contributed by atoms with Gasteiger partial charge in [0.2, 0.25) is 0 Å². The van der Waals surface area contributed by atoms with Crippen LogP contribution in [0.15, 0.2) is 21.1 Å². The van der Waals surface area contributed by atoms with E-state index in [-0.39, 0.29) is 0 Å². The molecule has 102 valence electrons. The highest BCUT2D eigenvalue weighted by Crippen LogP contribution is 2.34. The Morgan fingerprint density at radius 3 is 2.39 bits per heavy atom. The molecule has 1 aromatic carbocycles. The maximum Gasteiger partial charge on any atom is 0.147 e. The molecular formula is C14H21Br2NO. The van der Waals surface area contributed by atoms with Crippen molar-refractivity contribution >= 4 is 31.9 Å². The number of benzene rings is 1. The fourth-order valence-electron chi connectivity index (χ4n) is 1.81. The van der Waals surface area contributed by atoms with Crippen LogP contribution in [0.3, 0.4) is 0 Å². The Morgan fingerprint density at radius 2 is 1.89 bits per heavy atom. The van der Waals surface area contributed by atoms with Crippen molar-refractivity contribution in [1.29, 1.82) is 0 Å². The van der Waals surface area contributed by atoms with Crippen molar-refractivity contribution in [3.05, 3.63) is 26.6 Å². The Kier molecular flexibility index (Phi) is 7.27. The molecule has 0 saturated heterocycles. The first kappa shape index (κ1) is 16.0. The largest absolute Gasteiger partial charge is 0.494 e.